The predicted octanol–water partition coefficient (Wildman–Crippen LogP) is 3.52. The van der Waals surface area contributed by atoms with Gasteiger partial charge in [0.05, 0.1) is 10.4 Å². The SMILES string of the molecule is Cc1ccnc(NCc2cc(N(C)C)nc3ccccc23)c1[N+](=O)[O-]. The summed E-state index contributed by atoms with van der Waals surface area (Å²) in [6.07, 6.45) is 1.57. The predicted molar refractivity (Wildman–Crippen MR) is 99.0 cm³/mol. The van der Waals surface area contributed by atoms with E-state index < -0.39 is 4.92 Å². The number of benzene rings is 1. The molecule has 7 nitrogen and oxygen atoms in total. The number of hydrogen-bond donors (Lipinski definition) is 1. The highest BCUT2D eigenvalue weighted by Gasteiger charge is 2.18. The van der Waals surface area contributed by atoms with Gasteiger partial charge in [0.2, 0.25) is 5.82 Å². The Morgan fingerprint density at radius 2 is 2.00 bits per heavy atom. The summed E-state index contributed by atoms with van der Waals surface area (Å²) in [5.41, 5.74) is 2.48. The van der Waals surface area contributed by atoms with Crippen LogP contribution in [0, 0.1) is 17.0 Å². The molecule has 128 valence electrons. The summed E-state index contributed by atoms with van der Waals surface area (Å²) >= 11 is 0. The van der Waals surface area contributed by atoms with Crippen molar-refractivity contribution in [3.8, 4) is 0 Å². The molecular weight excluding hydrogens is 318 g/mol. The zero-order valence-electron chi connectivity index (χ0n) is 14.4. The number of anilines is 2. The number of rotatable bonds is 5. The van der Waals surface area contributed by atoms with Gasteiger partial charge in [0, 0.05) is 37.8 Å². The monoisotopic (exact) mass is 337 g/mol. The van der Waals surface area contributed by atoms with Gasteiger partial charge in [-0.1, -0.05) is 18.2 Å². The van der Waals surface area contributed by atoms with Gasteiger partial charge in [0.15, 0.2) is 0 Å². The van der Waals surface area contributed by atoms with Crippen molar-refractivity contribution >= 4 is 28.2 Å². The molecule has 7 heteroatoms. The molecule has 0 saturated heterocycles. The van der Waals surface area contributed by atoms with E-state index in [9.17, 15) is 10.1 Å². The second-order valence-corrected chi connectivity index (χ2v) is 5.99. The second kappa shape index (κ2) is 6.72. The summed E-state index contributed by atoms with van der Waals surface area (Å²) in [4.78, 5) is 21.6. The molecule has 2 heterocycles. The highest BCUT2D eigenvalue weighted by Crippen LogP contribution is 2.27. The number of aryl methyl sites for hydroxylation is 1. The fourth-order valence-electron chi connectivity index (χ4n) is 2.70. The number of nitrogens with one attached hydrogen (secondary N) is 1. The van der Waals surface area contributed by atoms with Crippen LogP contribution >= 0.6 is 0 Å². The number of nitrogens with zero attached hydrogens (tertiary/aromatic N) is 4. The van der Waals surface area contributed by atoms with Crippen LogP contribution in [0.25, 0.3) is 10.9 Å². The lowest BCUT2D eigenvalue weighted by Crippen LogP contribution is -2.12. The van der Waals surface area contributed by atoms with E-state index in [1.54, 1.807) is 19.2 Å². The lowest BCUT2D eigenvalue weighted by molar-refractivity contribution is -0.384. The summed E-state index contributed by atoms with van der Waals surface area (Å²) < 4.78 is 0. The maximum absolute atomic E-state index is 11.3. The maximum atomic E-state index is 11.3. The van der Waals surface area contributed by atoms with Crippen LogP contribution < -0.4 is 10.2 Å². The number of para-hydroxylation sites is 1. The van der Waals surface area contributed by atoms with Crippen molar-refractivity contribution in [2.24, 2.45) is 0 Å². The van der Waals surface area contributed by atoms with Gasteiger partial charge in [-0.25, -0.2) is 9.97 Å². The molecule has 0 aliphatic carbocycles. The molecule has 0 fully saturated rings. The van der Waals surface area contributed by atoms with Crippen LogP contribution in [0.15, 0.2) is 42.6 Å². The molecule has 2 aromatic heterocycles. The van der Waals surface area contributed by atoms with Gasteiger partial charge in [-0.2, -0.15) is 0 Å². The Labute approximate surface area is 145 Å². The Bertz CT molecular complexity index is 940. The topological polar surface area (TPSA) is 84.2 Å². The van der Waals surface area contributed by atoms with E-state index in [1.807, 2.05) is 49.3 Å². The first kappa shape index (κ1) is 16.6. The highest BCUT2D eigenvalue weighted by atomic mass is 16.6. The van der Waals surface area contributed by atoms with Gasteiger partial charge in [0.25, 0.3) is 0 Å². The standard InChI is InChI=1S/C18H19N5O2/c1-12-8-9-19-18(17(12)23(24)25)20-11-13-10-16(22(2)3)21-15-7-5-4-6-14(13)15/h4-10H,11H2,1-3H3,(H,19,20). The van der Waals surface area contributed by atoms with Gasteiger partial charge in [-0.15, -0.1) is 0 Å². The molecule has 0 atom stereocenters. The van der Waals surface area contributed by atoms with Crippen LogP contribution in [-0.4, -0.2) is 29.0 Å². The average Bonchev–Trinajstić information content (AvgIpc) is 2.59. The fourth-order valence-corrected chi connectivity index (χ4v) is 2.70. The zero-order chi connectivity index (χ0) is 18.0. The highest BCUT2D eigenvalue weighted by molar-refractivity contribution is 5.84. The first-order valence-corrected chi connectivity index (χ1v) is 7.87. The van der Waals surface area contributed by atoms with Crippen molar-refractivity contribution < 1.29 is 4.92 Å². The van der Waals surface area contributed by atoms with Crippen molar-refractivity contribution in [1.82, 2.24) is 9.97 Å². The van der Waals surface area contributed by atoms with Crippen molar-refractivity contribution in [3.63, 3.8) is 0 Å². The molecule has 0 saturated carbocycles. The molecule has 0 amide bonds. The van der Waals surface area contributed by atoms with Crippen molar-refractivity contribution in [2.45, 2.75) is 13.5 Å². The van der Waals surface area contributed by atoms with E-state index in [1.165, 1.54) is 0 Å². The first-order valence-electron chi connectivity index (χ1n) is 7.87. The van der Waals surface area contributed by atoms with Crippen LogP contribution in [0.5, 0.6) is 0 Å². The Morgan fingerprint density at radius 1 is 1.24 bits per heavy atom. The molecule has 25 heavy (non-hydrogen) atoms. The molecule has 0 aliphatic heterocycles. The smallest absolute Gasteiger partial charge is 0.314 e. The summed E-state index contributed by atoms with van der Waals surface area (Å²) in [5, 5.41) is 15.4. The summed E-state index contributed by atoms with van der Waals surface area (Å²) in [6.45, 7) is 2.12. The largest absolute Gasteiger partial charge is 0.363 e. The molecule has 3 rings (SSSR count). The van der Waals surface area contributed by atoms with Gasteiger partial charge in [-0.05, 0) is 30.7 Å². The van der Waals surface area contributed by atoms with Crippen molar-refractivity contribution in [2.75, 3.05) is 24.3 Å². The number of fused-ring (bicyclic) bond motifs is 1. The van der Waals surface area contributed by atoms with Crippen LogP contribution in [0.2, 0.25) is 0 Å². The molecule has 0 unspecified atom stereocenters. The van der Waals surface area contributed by atoms with Gasteiger partial charge in [0.1, 0.15) is 5.82 Å². The van der Waals surface area contributed by atoms with E-state index in [0.29, 0.717) is 12.1 Å². The Balaban J connectivity index is 1.99. The third-order valence-corrected chi connectivity index (χ3v) is 4.00. The van der Waals surface area contributed by atoms with E-state index in [0.717, 1.165) is 22.3 Å². The van der Waals surface area contributed by atoms with Gasteiger partial charge < -0.3 is 10.2 Å². The Kier molecular flexibility index (Phi) is 4.47. The number of nitro groups is 1. The number of pyridine rings is 2. The summed E-state index contributed by atoms with van der Waals surface area (Å²) in [5.74, 6) is 1.11. The van der Waals surface area contributed by atoms with Crippen LogP contribution in [0.3, 0.4) is 0 Å². The Morgan fingerprint density at radius 3 is 2.72 bits per heavy atom. The average molecular weight is 337 g/mol. The third kappa shape index (κ3) is 3.35. The normalized spacial score (nSPS) is 10.7. The van der Waals surface area contributed by atoms with E-state index >= 15 is 0 Å². The Hall–Kier alpha value is -3.22. The maximum Gasteiger partial charge on any atom is 0.314 e. The van der Waals surface area contributed by atoms with Gasteiger partial charge in [-0.3, -0.25) is 10.1 Å². The second-order valence-electron chi connectivity index (χ2n) is 5.99. The van der Waals surface area contributed by atoms with Gasteiger partial charge >= 0.3 is 5.69 Å². The summed E-state index contributed by atoms with van der Waals surface area (Å²) in [7, 11) is 3.86. The van der Waals surface area contributed by atoms with E-state index in [-0.39, 0.29) is 11.5 Å². The minimum absolute atomic E-state index is 0.00805. The van der Waals surface area contributed by atoms with Crippen molar-refractivity contribution in [1.29, 1.82) is 0 Å². The molecule has 0 radical (unpaired) electrons. The van der Waals surface area contributed by atoms with Crippen LogP contribution in [-0.2, 0) is 6.54 Å². The molecule has 0 aliphatic rings. The number of aromatic nitrogens is 2. The lowest BCUT2D eigenvalue weighted by Gasteiger charge is -2.16. The molecule has 1 N–H and O–H groups in total. The lowest BCUT2D eigenvalue weighted by atomic mass is 10.1. The molecule has 0 bridgehead atoms. The minimum atomic E-state index is -0.402. The van der Waals surface area contributed by atoms with E-state index in [4.69, 9.17) is 0 Å². The molecule has 0 spiro atoms. The van der Waals surface area contributed by atoms with E-state index in [2.05, 4.69) is 15.3 Å². The number of hydrogen-bond acceptors (Lipinski definition) is 6. The molecule has 3 aromatic rings. The minimum Gasteiger partial charge on any atom is -0.363 e. The molecular formula is C18H19N5O2. The van der Waals surface area contributed by atoms with Crippen molar-refractivity contribution in [3.05, 3.63) is 63.8 Å². The zero-order valence-corrected chi connectivity index (χ0v) is 14.4. The third-order valence-electron chi connectivity index (χ3n) is 4.00. The van der Waals surface area contributed by atoms with Crippen LogP contribution in [0.4, 0.5) is 17.3 Å². The summed E-state index contributed by atoms with van der Waals surface area (Å²) in [6, 6.07) is 11.5. The first-order chi connectivity index (χ1) is 12.0. The van der Waals surface area contributed by atoms with Crippen LogP contribution in [0.1, 0.15) is 11.1 Å². The fraction of sp³-hybridized carbons (Fsp3) is 0.222. The molecule has 1 aromatic carbocycles. The quantitative estimate of drug-likeness (QED) is 0.566.